The molecule has 1 aliphatic rings. The third-order valence-electron chi connectivity index (χ3n) is 0.929. The van der Waals surface area contributed by atoms with Crippen LogP contribution in [0.15, 0.2) is 0 Å². The molecule has 1 rings (SSSR count). The molecule has 0 aromatic rings. The van der Waals surface area contributed by atoms with Gasteiger partial charge < -0.3 is 4.48 Å². The van der Waals surface area contributed by atoms with E-state index in [2.05, 4.69) is 30.9 Å². The molecule has 0 unspecified atom stereocenters. The van der Waals surface area contributed by atoms with Crippen LogP contribution in [-0.2, 0) is 9.78 Å². The number of nitrogens with zero attached hydrogens (tertiary/aromatic N) is 1. The molecule has 0 atom stereocenters. The predicted octanol–water partition coefficient (Wildman–Crippen LogP) is -0.0195. The van der Waals surface area contributed by atoms with E-state index in [1.807, 2.05) is 0 Å². The highest BCUT2D eigenvalue weighted by molar-refractivity contribution is 4.41. The molecule has 0 radical (unpaired) electrons. The van der Waals surface area contributed by atoms with Gasteiger partial charge in [0.25, 0.3) is 6.29 Å². The van der Waals surface area contributed by atoms with Crippen molar-refractivity contribution in [2.45, 2.75) is 6.29 Å². The Bertz CT molecular complexity index is 82.9. The van der Waals surface area contributed by atoms with Crippen LogP contribution >= 0.6 is 0 Å². The fourth-order valence-electron chi connectivity index (χ4n) is 0.547. The molecule has 48 valence electrons. The highest BCUT2D eigenvalue weighted by Crippen LogP contribution is 2.13. The lowest BCUT2D eigenvalue weighted by molar-refractivity contribution is -0.871. The van der Waals surface area contributed by atoms with Gasteiger partial charge in [0.05, 0.1) is 21.1 Å². The average molecular weight is 118 g/mol. The van der Waals surface area contributed by atoms with E-state index in [4.69, 9.17) is 0 Å². The zero-order valence-electron chi connectivity index (χ0n) is 5.55. The smallest absolute Gasteiger partial charge is 0.272 e. The number of quaternary nitrogens is 1. The van der Waals surface area contributed by atoms with Crippen LogP contribution < -0.4 is 0 Å². The Kier molecular flexibility index (Phi) is 1.27. The van der Waals surface area contributed by atoms with Gasteiger partial charge in [0.2, 0.25) is 0 Å². The first kappa shape index (κ1) is 6.01. The molecule has 0 aliphatic carbocycles. The summed E-state index contributed by atoms with van der Waals surface area (Å²) in [5, 5.41) is 0. The van der Waals surface area contributed by atoms with Crippen molar-refractivity contribution in [1.82, 2.24) is 0 Å². The Balaban J connectivity index is 2.16. The molecule has 3 heteroatoms. The molecule has 0 aromatic carbocycles. The maximum atomic E-state index is 4.57. The van der Waals surface area contributed by atoms with Crippen LogP contribution in [0.5, 0.6) is 0 Å². The van der Waals surface area contributed by atoms with Crippen LogP contribution in [-0.4, -0.2) is 38.5 Å². The zero-order chi connectivity index (χ0) is 6.20. The second kappa shape index (κ2) is 1.69. The summed E-state index contributed by atoms with van der Waals surface area (Å²) in [6, 6.07) is 0. The van der Waals surface area contributed by atoms with Gasteiger partial charge in [0.15, 0.2) is 0 Å². The van der Waals surface area contributed by atoms with E-state index in [9.17, 15) is 0 Å². The molecule has 0 N–H and O–H groups in total. The molecule has 1 fully saturated rings. The van der Waals surface area contributed by atoms with E-state index >= 15 is 0 Å². The maximum absolute atomic E-state index is 4.57. The Morgan fingerprint density at radius 1 is 1.25 bits per heavy atom. The predicted molar refractivity (Wildman–Crippen MR) is 28.9 cm³/mol. The Labute approximate surface area is 49.3 Å². The van der Waals surface area contributed by atoms with Crippen LogP contribution in [0, 0.1) is 0 Å². The molecule has 0 saturated carbocycles. The number of hydrogen-bond acceptors (Lipinski definition) is 2. The fraction of sp³-hybridized carbons (Fsp3) is 1.00. The van der Waals surface area contributed by atoms with Crippen LogP contribution in [0.1, 0.15) is 0 Å². The molecular formula is C5H12NO2+. The second-order valence-electron chi connectivity index (χ2n) is 3.09. The van der Waals surface area contributed by atoms with E-state index in [-0.39, 0.29) is 6.29 Å². The van der Waals surface area contributed by atoms with Gasteiger partial charge in [-0.2, -0.15) is 9.78 Å². The second-order valence-corrected chi connectivity index (χ2v) is 3.09. The molecule has 0 amide bonds. The third-order valence-corrected chi connectivity index (χ3v) is 0.929. The van der Waals surface area contributed by atoms with E-state index in [1.165, 1.54) is 0 Å². The first-order valence-electron chi connectivity index (χ1n) is 2.70. The van der Waals surface area contributed by atoms with Gasteiger partial charge >= 0.3 is 0 Å². The van der Waals surface area contributed by atoms with Crippen LogP contribution in [0.2, 0.25) is 0 Å². The Morgan fingerprint density at radius 2 is 1.75 bits per heavy atom. The van der Waals surface area contributed by atoms with Gasteiger partial charge in [-0.25, -0.2) is 0 Å². The number of rotatable bonds is 2. The van der Waals surface area contributed by atoms with Gasteiger partial charge in [-0.3, -0.25) is 0 Å². The zero-order valence-corrected chi connectivity index (χ0v) is 5.55. The van der Waals surface area contributed by atoms with Crippen molar-refractivity contribution in [3.05, 3.63) is 0 Å². The Hall–Kier alpha value is -0.120. The van der Waals surface area contributed by atoms with Crippen LogP contribution in [0.25, 0.3) is 0 Å². The van der Waals surface area contributed by atoms with Crippen molar-refractivity contribution in [2.24, 2.45) is 0 Å². The molecule has 0 spiro atoms. The van der Waals surface area contributed by atoms with Gasteiger partial charge in [0.1, 0.15) is 6.54 Å². The van der Waals surface area contributed by atoms with Crippen LogP contribution in [0.3, 0.4) is 0 Å². The van der Waals surface area contributed by atoms with Crippen molar-refractivity contribution < 1.29 is 14.3 Å². The molecule has 8 heavy (non-hydrogen) atoms. The Morgan fingerprint density at radius 3 is 1.88 bits per heavy atom. The number of likely N-dealkylation sites (N-methyl/N-ethyl adjacent to an activating group) is 1. The van der Waals surface area contributed by atoms with Gasteiger partial charge in [-0.05, 0) is 0 Å². The van der Waals surface area contributed by atoms with Crippen molar-refractivity contribution in [1.29, 1.82) is 0 Å². The quantitative estimate of drug-likeness (QED) is 0.289. The first-order valence-corrected chi connectivity index (χ1v) is 2.70. The van der Waals surface area contributed by atoms with Crippen molar-refractivity contribution in [2.75, 3.05) is 27.7 Å². The van der Waals surface area contributed by atoms with Crippen molar-refractivity contribution >= 4 is 0 Å². The van der Waals surface area contributed by atoms with Crippen LogP contribution in [0.4, 0.5) is 0 Å². The summed E-state index contributed by atoms with van der Waals surface area (Å²) >= 11 is 0. The molecular weight excluding hydrogens is 106 g/mol. The summed E-state index contributed by atoms with van der Waals surface area (Å²) in [4.78, 5) is 9.14. The lowest BCUT2D eigenvalue weighted by Gasteiger charge is -2.20. The van der Waals surface area contributed by atoms with Crippen molar-refractivity contribution in [3.8, 4) is 0 Å². The van der Waals surface area contributed by atoms with Gasteiger partial charge in [-0.15, -0.1) is 0 Å². The molecule has 1 saturated heterocycles. The molecule has 0 aromatic heterocycles. The maximum Gasteiger partial charge on any atom is 0.272 e. The minimum absolute atomic E-state index is 0.0648. The lowest BCUT2D eigenvalue weighted by atomic mass is 10.5. The molecule has 0 bridgehead atoms. The highest BCUT2D eigenvalue weighted by Gasteiger charge is 2.32. The van der Waals surface area contributed by atoms with E-state index < -0.39 is 0 Å². The van der Waals surface area contributed by atoms with E-state index in [0.29, 0.717) is 0 Å². The lowest BCUT2D eigenvalue weighted by Crippen LogP contribution is -2.37. The topological polar surface area (TPSA) is 25.1 Å². The van der Waals surface area contributed by atoms with Crippen molar-refractivity contribution in [3.63, 3.8) is 0 Å². The molecule has 3 nitrogen and oxygen atoms in total. The third kappa shape index (κ3) is 2.26. The minimum atomic E-state index is 0.0648. The summed E-state index contributed by atoms with van der Waals surface area (Å²) in [6.07, 6.45) is 0.0648. The minimum Gasteiger partial charge on any atom is -0.327 e. The van der Waals surface area contributed by atoms with Gasteiger partial charge in [-0.1, -0.05) is 0 Å². The molecule has 1 aliphatic heterocycles. The highest BCUT2D eigenvalue weighted by atomic mass is 17.4. The monoisotopic (exact) mass is 118 g/mol. The normalized spacial score (nSPS) is 21.4. The van der Waals surface area contributed by atoms with E-state index in [1.54, 1.807) is 0 Å². The summed E-state index contributed by atoms with van der Waals surface area (Å²) < 4.78 is 0.894. The summed E-state index contributed by atoms with van der Waals surface area (Å²) in [5.41, 5.74) is 0. The van der Waals surface area contributed by atoms with E-state index in [0.717, 1.165) is 11.0 Å². The fourth-order valence-corrected chi connectivity index (χ4v) is 0.547. The first-order chi connectivity index (χ1) is 3.58. The number of hydrogen-bond donors (Lipinski definition) is 0. The SMILES string of the molecule is C[N+](C)(C)CC1OO1. The summed E-state index contributed by atoms with van der Waals surface area (Å²) in [5.74, 6) is 0. The average Bonchev–Trinajstić information content (AvgIpc) is 2.12. The standard InChI is InChI=1S/C5H12NO2/c1-6(2,3)4-5-7-8-5/h5H,4H2,1-3H3/q+1. The largest absolute Gasteiger partial charge is 0.327 e. The molecule has 1 heterocycles. The van der Waals surface area contributed by atoms with Gasteiger partial charge in [0, 0.05) is 0 Å². The summed E-state index contributed by atoms with van der Waals surface area (Å²) in [6.45, 7) is 0.931. The summed E-state index contributed by atoms with van der Waals surface area (Å²) in [7, 11) is 6.31.